The minimum Gasteiger partial charge on any atom is -0.350 e. The number of aromatic nitrogens is 3. The lowest BCUT2D eigenvalue weighted by atomic mass is 9.96. The highest BCUT2D eigenvalue weighted by Gasteiger charge is 2.29. The fourth-order valence-corrected chi connectivity index (χ4v) is 5.55. The van der Waals surface area contributed by atoms with Gasteiger partial charge >= 0.3 is 0 Å². The van der Waals surface area contributed by atoms with E-state index in [0.717, 1.165) is 41.5 Å². The minimum atomic E-state index is 0.420. The van der Waals surface area contributed by atoms with Crippen LogP contribution in [-0.2, 0) is 12.8 Å². The number of rotatable bonds is 2. The molecule has 3 aromatic heterocycles. The maximum absolute atomic E-state index is 5.13. The molecular formula is C21H25N5S. The molecule has 1 fully saturated rings. The lowest BCUT2D eigenvalue weighted by molar-refractivity contribution is 0.423. The first-order valence-corrected chi connectivity index (χ1v) is 10.7. The van der Waals surface area contributed by atoms with Gasteiger partial charge in [0.25, 0.3) is 0 Å². The largest absolute Gasteiger partial charge is 0.350 e. The average molecular weight is 380 g/mol. The second kappa shape index (κ2) is 6.84. The number of fused-ring (bicyclic) bond motifs is 3. The van der Waals surface area contributed by atoms with Crippen LogP contribution in [0.4, 0.5) is 5.82 Å². The van der Waals surface area contributed by atoms with Gasteiger partial charge < -0.3 is 10.2 Å². The maximum Gasteiger partial charge on any atom is 0.163 e. The summed E-state index contributed by atoms with van der Waals surface area (Å²) >= 11 is 1.88. The number of aryl methyl sites for hydroxylation is 2. The Morgan fingerprint density at radius 3 is 2.78 bits per heavy atom. The third-order valence-corrected chi connectivity index (χ3v) is 6.96. The molecule has 1 saturated heterocycles. The SMILES string of the molecule is CC1CN(c2nc(-c3ccncc3)nc3sc4c(c23)CCCC4)C(C)CN1. The van der Waals surface area contributed by atoms with Crippen molar-refractivity contribution in [3.8, 4) is 11.4 Å². The van der Waals surface area contributed by atoms with Crippen LogP contribution < -0.4 is 10.2 Å². The maximum atomic E-state index is 5.13. The molecule has 0 amide bonds. The van der Waals surface area contributed by atoms with Crippen LogP contribution in [-0.4, -0.2) is 40.1 Å². The van der Waals surface area contributed by atoms with Gasteiger partial charge in [-0.15, -0.1) is 11.3 Å². The molecule has 0 aromatic carbocycles. The van der Waals surface area contributed by atoms with Crippen LogP contribution in [0.25, 0.3) is 21.6 Å². The highest BCUT2D eigenvalue weighted by Crippen LogP contribution is 2.41. The van der Waals surface area contributed by atoms with Crippen LogP contribution in [0.1, 0.15) is 37.1 Å². The smallest absolute Gasteiger partial charge is 0.163 e. The zero-order valence-corrected chi connectivity index (χ0v) is 16.7. The lowest BCUT2D eigenvalue weighted by Crippen LogP contribution is -2.54. The quantitative estimate of drug-likeness (QED) is 0.734. The molecule has 140 valence electrons. The summed E-state index contributed by atoms with van der Waals surface area (Å²) < 4.78 is 0. The first-order chi connectivity index (χ1) is 13.2. The van der Waals surface area contributed by atoms with Gasteiger partial charge in [0, 0.05) is 48.0 Å². The van der Waals surface area contributed by atoms with E-state index in [1.54, 1.807) is 0 Å². The van der Waals surface area contributed by atoms with Crippen LogP contribution in [0.2, 0.25) is 0 Å². The number of nitrogens with one attached hydrogen (secondary N) is 1. The molecule has 2 atom stereocenters. The van der Waals surface area contributed by atoms with Gasteiger partial charge in [0.1, 0.15) is 10.6 Å². The van der Waals surface area contributed by atoms with E-state index in [2.05, 4.69) is 29.0 Å². The molecule has 2 aliphatic rings. The van der Waals surface area contributed by atoms with Crippen molar-refractivity contribution in [2.45, 2.75) is 51.6 Å². The van der Waals surface area contributed by atoms with Gasteiger partial charge in [-0.25, -0.2) is 9.97 Å². The van der Waals surface area contributed by atoms with Crippen LogP contribution in [0, 0.1) is 0 Å². The van der Waals surface area contributed by atoms with E-state index < -0.39 is 0 Å². The standard InChI is InChI=1S/C21H25N5S/c1-13-12-26(14(2)11-23-13)20-18-16-5-3-4-6-17(16)27-21(18)25-19(24-20)15-7-9-22-10-8-15/h7-10,13-14,23H,3-6,11-12H2,1-2H3. The predicted octanol–water partition coefficient (Wildman–Crippen LogP) is 3.82. The molecule has 0 saturated carbocycles. The van der Waals surface area contributed by atoms with Crippen molar-refractivity contribution in [1.82, 2.24) is 20.3 Å². The van der Waals surface area contributed by atoms with E-state index in [9.17, 15) is 0 Å². The molecule has 0 bridgehead atoms. The second-order valence-electron chi connectivity index (χ2n) is 7.81. The molecule has 1 aliphatic heterocycles. The van der Waals surface area contributed by atoms with Crippen LogP contribution in [0.15, 0.2) is 24.5 Å². The highest BCUT2D eigenvalue weighted by atomic mass is 32.1. The molecule has 3 aromatic rings. The first kappa shape index (κ1) is 17.1. The number of thiophene rings is 1. The molecule has 4 heterocycles. The normalized spacial score (nSPS) is 22.8. The summed E-state index contributed by atoms with van der Waals surface area (Å²) in [6.07, 6.45) is 8.55. The molecule has 1 N–H and O–H groups in total. The highest BCUT2D eigenvalue weighted by molar-refractivity contribution is 7.19. The Morgan fingerprint density at radius 1 is 1.11 bits per heavy atom. The zero-order valence-electron chi connectivity index (χ0n) is 15.9. The first-order valence-electron chi connectivity index (χ1n) is 9.93. The predicted molar refractivity (Wildman–Crippen MR) is 112 cm³/mol. The number of hydrogen-bond acceptors (Lipinski definition) is 6. The van der Waals surface area contributed by atoms with Gasteiger partial charge in [-0.2, -0.15) is 0 Å². The van der Waals surface area contributed by atoms with Gasteiger partial charge in [-0.1, -0.05) is 0 Å². The van der Waals surface area contributed by atoms with Crippen molar-refractivity contribution < 1.29 is 0 Å². The Morgan fingerprint density at radius 2 is 1.93 bits per heavy atom. The van der Waals surface area contributed by atoms with Gasteiger partial charge in [0.2, 0.25) is 0 Å². The van der Waals surface area contributed by atoms with E-state index in [1.807, 2.05) is 35.9 Å². The van der Waals surface area contributed by atoms with Crippen molar-refractivity contribution in [1.29, 1.82) is 0 Å². The van der Waals surface area contributed by atoms with Gasteiger partial charge in [0.05, 0.1) is 5.39 Å². The van der Waals surface area contributed by atoms with Crippen molar-refractivity contribution in [2.24, 2.45) is 0 Å². The summed E-state index contributed by atoms with van der Waals surface area (Å²) in [5.74, 6) is 1.95. The molecule has 0 radical (unpaired) electrons. The minimum absolute atomic E-state index is 0.420. The van der Waals surface area contributed by atoms with Crippen molar-refractivity contribution in [3.05, 3.63) is 35.0 Å². The summed E-state index contributed by atoms with van der Waals surface area (Å²) in [7, 11) is 0. The number of pyridine rings is 1. The van der Waals surface area contributed by atoms with Gasteiger partial charge in [-0.05, 0) is 57.2 Å². The summed E-state index contributed by atoms with van der Waals surface area (Å²) in [5, 5.41) is 4.90. The third kappa shape index (κ3) is 3.01. The molecule has 0 spiro atoms. The van der Waals surface area contributed by atoms with Gasteiger partial charge in [-0.3, -0.25) is 4.98 Å². The molecule has 5 nitrogen and oxygen atoms in total. The Balaban J connectivity index is 1.74. The second-order valence-corrected chi connectivity index (χ2v) is 8.89. The summed E-state index contributed by atoms with van der Waals surface area (Å²) in [6, 6.07) is 4.89. The van der Waals surface area contributed by atoms with E-state index in [1.165, 1.54) is 35.1 Å². The fourth-order valence-electron chi connectivity index (χ4n) is 4.29. The molecule has 6 heteroatoms. The van der Waals surface area contributed by atoms with Crippen molar-refractivity contribution >= 4 is 27.4 Å². The molecule has 2 unspecified atom stereocenters. The van der Waals surface area contributed by atoms with E-state index >= 15 is 0 Å². The average Bonchev–Trinajstić information content (AvgIpc) is 3.08. The van der Waals surface area contributed by atoms with E-state index in [4.69, 9.17) is 9.97 Å². The Labute approximate surface area is 163 Å². The third-order valence-electron chi connectivity index (χ3n) is 5.77. The molecule has 5 rings (SSSR count). The monoisotopic (exact) mass is 379 g/mol. The Kier molecular flexibility index (Phi) is 4.32. The number of nitrogens with zero attached hydrogens (tertiary/aromatic N) is 4. The van der Waals surface area contributed by atoms with Crippen molar-refractivity contribution in [3.63, 3.8) is 0 Å². The Bertz CT molecular complexity index is 968. The zero-order chi connectivity index (χ0) is 18.4. The van der Waals surface area contributed by atoms with Crippen LogP contribution in [0.5, 0.6) is 0 Å². The van der Waals surface area contributed by atoms with Crippen LogP contribution in [0.3, 0.4) is 0 Å². The van der Waals surface area contributed by atoms with E-state index in [0.29, 0.717) is 12.1 Å². The van der Waals surface area contributed by atoms with Crippen molar-refractivity contribution in [2.75, 3.05) is 18.0 Å². The Hall–Kier alpha value is -2.05. The number of piperazine rings is 1. The lowest BCUT2D eigenvalue weighted by Gasteiger charge is -2.39. The van der Waals surface area contributed by atoms with Crippen LogP contribution >= 0.6 is 11.3 Å². The summed E-state index contributed by atoms with van der Waals surface area (Å²) in [4.78, 5) is 19.4. The van der Waals surface area contributed by atoms with Gasteiger partial charge in [0.15, 0.2) is 5.82 Å². The molecule has 1 aliphatic carbocycles. The fraction of sp³-hybridized carbons (Fsp3) is 0.476. The summed E-state index contributed by atoms with van der Waals surface area (Å²) in [6.45, 7) is 6.51. The van der Waals surface area contributed by atoms with E-state index in [-0.39, 0.29) is 0 Å². The summed E-state index contributed by atoms with van der Waals surface area (Å²) in [5.41, 5.74) is 2.55. The number of hydrogen-bond donors (Lipinski definition) is 1. The molecular weight excluding hydrogens is 354 g/mol. The molecule has 27 heavy (non-hydrogen) atoms. The topological polar surface area (TPSA) is 53.9 Å². The number of anilines is 1.